The van der Waals surface area contributed by atoms with Crippen LogP contribution in [-0.2, 0) is 14.4 Å². The van der Waals surface area contributed by atoms with Crippen molar-refractivity contribution in [3.05, 3.63) is 12.7 Å². The van der Waals surface area contributed by atoms with E-state index < -0.39 is 6.04 Å². The van der Waals surface area contributed by atoms with Crippen molar-refractivity contribution in [2.75, 3.05) is 6.54 Å². The van der Waals surface area contributed by atoms with Crippen LogP contribution >= 0.6 is 0 Å². The lowest BCUT2D eigenvalue weighted by Gasteiger charge is -2.21. The van der Waals surface area contributed by atoms with Gasteiger partial charge in [-0.1, -0.05) is 13.0 Å². The average Bonchev–Trinajstić information content (AvgIpc) is 2.44. The Morgan fingerprint density at radius 3 is 2.27 bits per heavy atom. The van der Waals surface area contributed by atoms with E-state index in [0.29, 0.717) is 19.4 Å². The lowest BCUT2D eigenvalue weighted by atomic mass is 10.1. The second-order valence-corrected chi connectivity index (χ2v) is 5.37. The third-order valence-electron chi connectivity index (χ3n) is 3.28. The van der Waals surface area contributed by atoms with Crippen molar-refractivity contribution in [2.24, 2.45) is 0 Å². The molecule has 1 unspecified atom stereocenters. The topological polar surface area (TPSA) is 87.3 Å². The van der Waals surface area contributed by atoms with Crippen LogP contribution in [0.2, 0.25) is 0 Å². The van der Waals surface area contributed by atoms with Crippen LogP contribution in [0.1, 0.15) is 52.9 Å². The van der Waals surface area contributed by atoms with Gasteiger partial charge in [0.2, 0.25) is 17.7 Å². The van der Waals surface area contributed by atoms with E-state index in [-0.39, 0.29) is 23.8 Å². The van der Waals surface area contributed by atoms with Crippen LogP contribution < -0.4 is 16.0 Å². The maximum absolute atomic E-state index is 12.3. The maximum atomic E-state index is 12.3. The standard InChI is InChI=1S/C16H29N3O3/c1-5-9-14(6-2)19-16(22)15(18-13(4)21)10-7-8-11-17-12(3)20/h5,14-15H,1,6-11H2,2-4H3,(H,17,20)(H,18,21)(H,19,22)/t14-,15?/m0/s1. The first-order valence-electron chi connectivity index (χ1n) is 7.83. The Kier molecular flexibility index (Phi) is 10.8. The highest BCUT2D eigenvalue weighted by molar-refractivity contribution is 5.86. The normalized spacial score (nSPS) is 12.9. The first kappa shape index (κ1) is 20.1. The van der Waals surface area contributed by atoms with E-state index in [9.17, 15) is 14.4 Å². The molecule has 0 fully saturated rings. The molecule has 0 spiro atoms. The molecule has 3 N–H and O–H groups in total. The first-order chi connectivity index (χ1) is 10.4. The van der Waals surface area contributed by atoms with Crippen molar-refractivity contribution in [1.82, 2.24) is 16.0 Å². The lowest BCUT2D eigenvalue weighted by Crippen LogP contribution is -2.49. The summed E-state index contributed by atoms with van der Waals surface area (Å²) >= 11 is 0. The molecule has 0 aliphatic heterocycles. The van der Waals surface area contributed by atoms with Gasteiger partial charge in [-0.15, -0.1) is 6.58 Å². The quantitative estimate of drug-likeness (QED) is 0.397. The van der Waals surface area contributed by atoms with E-state index >= 15 is 0 Å². The van der Waals surface area contributed by atoms with Crippen LogP contribution in [0, 0.1) is 0 Å². The van der Waals surface area contributed by atoms with Crippen LogP contribution in [0.25, 0.3) is 0 Å². The van der Waals surface area contributed by atoms with Crippen LogP contribution in [0.4, 0.5) is 0 Å². The number of hydrogen-bond acceptors (Lipinski definition) is 3. The molecular formula is C16H29N3O3. The predicted octanol–water partition coefficient (Wildman–Crippen LogP) is 1.27. The summed E-state index contributed by atoms with van der Waals surface area (Å²) in [7, 11) is 0. The molecule has 0 saturated carbocycles. The van der Waals surface area contributed by atoms with E-state index in [1.54, 1.807) is 6.08 Å². The van der Waals surface area contributed by atoms with Crippen molar-refractivity contribution >= 4 is 17.7 Å². The Morgan fingerprint density at radius 1 is 1.09 bits per heavy atom. The zero-order valence-corrected chi connectivity index (χ0v) is 13.9. The van der Waals surface area contributed by atoms with Crippen LogP contribution in [-0.4, -0.2) is 36.3 Å². The molecule has 3 amide bonds. The molecule has 0 heterocycles. The number of unbranched alkanes of at least 4 members (excludes halogenated alkanes) is 1. The van der Waals surface area contributed by atoms with Crippen LogP contribution in [0.5, 0.6) is 0 Å². The Hall–Kier alpha value is -1.85. The number of carbonyl (C=O) groups excluding carboxylic acids is 3. The Bertz CT molecular complexity index is 383. The van der Waals surface area contributed by atoms with Gasteiger partial charge in [0.1, 0.15) is 6.04 Å². The molecule has 0 saturated heterocycles. The number of hydrogen-bond donors (Lipinski definition) is 3. The van der Waals surface area contributed by atoms with Gasteiger partial charge in [-0.2, -0.15) is 0 Å². The summed E-state index contributed by atoms with van der Waals surface area (Å²) in [5.74, 6) is -0.450. The molecule has 6 heteroatoms. The fourth-order valence-corrected chi connectivity index (χ4v) is 2.08. The molecule has 22 heavy (non-hydrogen) atoms. The fourth-order valence-electron chi connectivity index (χ4n) is 2.08. The van der Waals surface area contributed by atoms with Gasteiger partial charge in [-0.25, -0.2) is 0 Å². The van der Waals surface area contributed by atoms with Gasteiger partial charge < -0.3 is 16.0 Å². The molecule has 0 radical (unpaired) electrons. The molecule has 0 aliphatic rings. The third-order valence-corrected chi connectivity index (χ3v) is 3.28. The molecule has 0 aromatic heterocycles. The molecular weight excluding hydrogens is 282 g/mol. The minimum absolute atomic E-state index is 0.0423. The SMILES string of the molecule is C=CC[C@H](CC)NC(=O)C(CCCCNC(C)=O)NC(C)=O. The summed E-state index contributed by atoms with van der Waals surface area (Å²) in [5.41, 5.74) is 0. The van der Waals surface area contributed by atoms with Gasteiger partial charge >= 0.3 is 0 Å². The summed E-state index contributed by atoms with van der Waals surface area (Å²) in [6, 6.07) is -0.491. The van der Waals surface area contributed by atoms with Gasteiger partial charge in [-0.05, 0) is 32.1 Å². The largest absolute Gasteiger partial charge is 0.356 e. The van der Waals surface area contributed by atoms with Gasteiger partial charge in [0.05, 0.1) is 0 Å². The van der Waals surface area contributed by atoms with E-state index in [2.05, 4.69) is 22.5 Å². The van der Waals surface area contributed by atoms with Crippen molar-refractivity contribution in [3.8, 4) is 0 Å². The zero-order chi connectivity index (χ0) is 17.0. The van der Waals surface area contributed by atoms with Crippen LogP contribution in [0.3, 0.4) is 0 Å². The Labute approximate surface area is 133 Å². The minimum Gasteiger partial charge on any atom is -0.356 e. The third kappa shape index (κ3) is 9.96. The maximum Gasteiger partial charge on any atom is 0.242 e. The number of carbonyl (C=O) groups is 3. The molecule has 2 atom stereocenters. The summed E-state index contributed by atoms with van der Waals surface area (Å²) in [6.45, 7) is 9.13. The highest BCUT2D eigenvalue weighted by Crippen LogP contribution is 2.04. The molecule has 0 rings (SSSR count). The Morgan fingerprint density at radius 2 is 1.77 bits per heavy atom. The second-order valence-electron chi connectivity index (χ2n) is 5.37. The van der Waals surface area contributed by atoms with Crippen molar-refractivity contribution in [1.29, 1.82) is 0 Å². The average molecular weight is 311 g/mol. The van der Waals surface area contributed by atoms with Crippen molar-refractivity contribution < 1.29 is 14.4 Å². The summed E-state index contributed by atoms with van der Waals surface area (Å²) < 4.78 is 0. The zero-order valence-electron chi connectivity index (χ0n) is 13.9. The summed E-state index contributed by atoms with van der Waals surface area (Å²) in [5, 5.41) is 8.33. The molecule has 126 valence electrons. The van der Waals surface area contributed by atoms with Crippen molar-refractivity contribution in [3.63, 3.8) is 0 Å². The number of amides is 3. The van der Waals surface area contributed by atoms with Gasteiger partial charge in [0.15, 0.2) is 0 Å². The summed E-state index contributed by atoms with van der Waals surface area (Å²) in [4.78, 5) is 34.3. The van der Waals surface area contributed by atoms with E-state index in [1.807, 2.05) is 6.92 Å². The van der Waals surface area contributed by atoms with E-state index in [4.69, 9.17) is 0 Å². The Balaban J connectivity index is 4.35. The molecule has 0 aliphatic carbocycles. The monoisotopic (exact) mass is 311 g/mol. The molecule has 0 bridgehead atoms. The van der Waals surface area contributed by atoms with Crippen molar-refractivity contribution in [2.45, 2.75) is 65.0 Å². The number of nitrogens with one attached hydrogen (secondary N) is 3. The van der Waals surface area contributed by atoms with Gasteiger partial charge in [-0.3, -0.25) is 14.4 Å². The van der Waals surface area contributed by atoms with E-state index in [1.165, 1.54) is 13.8 Å². The minimum atomic E-state index is -0.534. The smallest absolute Gasteiger partial charge is 0.242 e. The molecule has 6 nitrogen and oxygen atoms in total. The first-order valence-corrected chi connectivity index (χ1v) is 7.83. The fraction of sp³-hybridized carbons (Fsp3) is 0.688. The van der Waals surface area contributed by atoms with E-state index in [0.717, 1.165) is 19.3 Å². The lowest BCUT2D eigenvalue weighted by molar-refractivity contribution is -0.128. The van der Waals surface area contributed by atoms with Gasteiger partial charge in [0, 0.05) is 26.4 Å². The predicted molar refractivity (Wildman–Crippen MR) is 87.2 cm³/mol. The molecule has 0 aromatic carbocycles. The van der Waals surface area contributed by atoms with Crippen LogP contribution in [0.15, 0.2) is 12.7 Å². The highest BCUT2D eigenvalue weighted by atomic mass is 16.2. The molecule has 0 aromatic rings. The van der Waals surface area contributed by atoms with Gasteiger partial charge in [0.25, 0.3) is 0 Å². The number of rotatable bonds is 11. The second kappa shape index (κ2) is 11.8. The highest BCUT2D eigenvalue weighted by Gasteiger charge is 2.20. The summed E-state index contributed by atoms with van der Waals surface area (Å²) in [6.07, 6.45) is 5.36.